The van der Waals surface area contributed by atoms with Gasteiger partial charge in [-0.1, -0.05) is 30.3 Å². The molecule has 0 atom stereocenters. The molecular formula is C19H19N3O. The number of hydrogen-bond donors (Lipinski definition) is 1. The molecule has 3 rings (SSSR count). The molecule has 4 heteroatoms. The van der Waals surface area contributed by atoms with E-state index in [0.29, 0.717) is 17.2 Å². The first-order chi connectivity index (χ1) is 11.3. The van der Waals surface area contributed by atoms with Gasteiger partial charge in [0.2, 0.25) is 5.91 Å². The van der Waals surface area contributed by atoms with Crippen LogP contribution in [-0.4, -0.2) is 10.9 Å². The number of nitriles is 1. The minimum Gasteiger partial charge on any atom is -0.325 e. The molecule has 1 aliphatic rings. The number of rotatable bonds is 3. The molecule has 1 saturated carbocycles. The summed E-state index contributed by atoms with van der Waals surface area (Å²) in [4.78, 5) is 16.3. The predicted octanol–water partition coefficient (Wildman–Crippen LogP) is 3.87. The first-order valence-corrected chi connectivity index (χ1v) is 7.98. The van der Waals surface area contributed by atoms with Crippen molar-refractivity contribution in [1.29, 1.82) is 5.26 Å². The summed E-state index contributed by atoms with van der Waals surface area (Å²) in [6, 6.07) is 14.2. The highest BCUT2D eigenvalue weighted by molar-refractivity contribution is 5.93. The van der Waals surface area contributed by atoms with E-state index >= 15 is 0 Å². The molecule has 1 aromatic carbocycles. The molecule has 23 heavy (non-hydrogen) atoms. The van der Waals surface area contributed by atoms with Crippen molar-refractivity contribution in [2.24, 2.45) is 5.92 Å². The fourth-order valence-electron chi connectivity index (χ4n) is 3.24. The third kappa shape index (κ3) is 3.57. The highest BCUT2D eigenvalue weighted by Crippen LogP contribution is 2.36. The van der Waals surface area contributed by atoms with Crippen LogP contribution in [0.3, 0.4) is 0 Å². The molecule has 0 bridgehead atoms. The Hall–Kier alpha value is -2.67. The summed E-state index contributed by atoms with van der Waals surface area (Å²) in [5.74, 6) is 0.588. The first-order valence-electron chi connectivity index (χ1n) is 7.98. The van der Waals surface area contributed by atoms with Gasteiger partial charge in [-0.3, -0.25) is 9.78 Å². The minimum atomic E-state index is 0.0132. The minimum absolute atomic E-state index is 0.0132. The third-order valence-corrected chi connectivity index (χ3v) is 4.57. The molecule has 0 radical (unpaired) electrons. The molecule has 1 aliphatic carbocycles. The van der Waals surface area contributed by atoms with Crippen molar-refractivity contribution in [3.05, 3.63) is 59.9 Å². The van der Waals surface area contributed by atoms with Crippen LogP contribution < -0.4 is 5.32 Å². The highest BCUT2D eigenvalue weighted by Gasteiger charge is 2.27. The SMILES string of the molecule is N#Cc1cnccc1NC(=O)C1CCC(c2ccccc2)CC1. The maximum atomic E-state index is 12.4. The first kappa shape index (κ1) is 15.2. The number of anilines is 1. The average Bonchev–Trinajstić information content (AvgIpc) is 2.63. The van der Waals surface area contributed by atoms with E-state index in [4.69, 9.17) is 5.26 Å². The Balaban J connectivity index is 1.59. The van der Waals surface area contributed by atoms with Crippen LogP contribution in [0.15, 0.2) is 48.8 Å². The van der Waals surface area contributed by atoms with E-state index < -0.39 is 0 Å². The summed E-state index contributed by atoms with van der Waals surface area (Å²) in [6.07, 6.45) is 6.90. The van der Waals surface area contributed by atoms with E-state index in [9.17, 15) is 4.79 Å². The molecule has 1 aromatic heterocycles. The molecule has 1 N–H and O–H groups in total. The Kier molecular flexibility index (Phi) is 4.68. The van der Waals surface area contributed by atoms with Crippen LogP contribution in [0.25, 0.3) is 0 Å². The lowest BCUT2D eigenvalue weighted by atomic mass is 9.78. The van der Waals surface area contributed by atoms with Crippen LogP contribution >= 0.6 is 0 Å². The van der Waals surface area contributed by atoms with Gasteiger partial charge in [0.25, 0.3) is 0 Å². The summed E-state index contributed by atoms with van der Waals surface area (Å²) in [5, 5.41) is 11.9. The molecule has 116 valence electrons. The molecule has 0 unspecified atom stereocenters. The van der Waals surface area contributed by atoms with Gasteiger partial charge in [0, 0.05) is 18.3 Å². The van der Waals surface area contributed by atoms with Gasteiger partial charge in [-0.15, -0.1) is 0 Å². The van der Waals surface area contributed by atoms with Gasteiger partial charge in [-0.05, 0) is 43.2 Å². The predicted molar refractivity (Wildman–Crippen MR) is 88.7 cm³/mol. The van der Waals surface area contributed by atoms with Crippen molar-refractivity contribution in [2.45, 2.75) is 31.6 Å². The zero-order chi connectivity index (χ0) is 16.1. The fraction of sp³-hybridized carbons (Fsp3) is 0.316. The van der Waals surface area contributed by atoms with Crippen LogP contribution in [0.2, 0.25) is 0 Å². The van der Waals surface area contributed by atoms with Crippen molar-refractivity contribution in [3.8, 4) is 6.07 Å². The quantitative estimate of drug-likeness (QED) is 0.936. The van der Waals surface area contributed by atoms with Gasteiger partial charge in [0.1, 0.15) is 6.07 Å². The van der Waals surface area contributed by atoms with Crippen LogP contribution in [-0.2, 0) is 4.79 Å². The number of carbonyl (C=O) groups excluding carboxylic acids is 1. The Morgan fingerprint density at radius 1 is 1.13 bits per heavy atom. The van der Waals surface area contributed by atoms with Gasteiger partial charge in [-0.25, -0.2) is 0 Å². The second kappa shape index (κ2) is 7.06. The van der Waals surface area contributed by atoms with Crippen molar-refractivity contribution in [3.63, 3.8) is 0 Å². The van der Waals surface area contributed by atoms with Gasteiger partial charge in [0.05, 0.1) is 11.3 Å². The maximum absolute atomic E-state index is 12.4. The summed E-state index contributed by atoms with van der Waals surface area (Å²) in [5.41, 5.74) is 2.32. The van der Waals surface area contributed by atoms with Crippen LogP contribution in [0.5, 0.6) is 0 Å². The molecule has 0 saturated heterocycles. The van der Waals surface area contributed by atoms with Gasteiger partial charge >= 0.3 is 0 Å². The van der Waals surface area contributed by atoms with Gasteiger partial charge < -0.3 is 5.32 Å². The topological polar surface area (TPSA) is 65.8 Å². The Morgan fingerprint density at radius 2 is 1.87 bits per heavy atom. The van der Waals surface area contributed by atoms with E-state index in [-0.39, 0.29) is 11.8 Å². The lowest BCUT2D eigenvalue weighted by Crippen LogP contribution is -2.27. The molecule has 0 aliphatic heterocycles. The van der Waals surface area contributed by atoms with E-state index in [1.807, 2.05) is 6.07 Å². The van der Waals surface area contributed by atoms with E-state index in [1.165, 1.54) is 11.8 Å². The molecule has 1 heterocycles. The van der Waals surface area contributed by atoms with Crippen molar-refractivity contribution in [2.75, 3.05) is 5.32 Å². The van der Waals surface area contributed by atoms with Gasteiger partial charge in [-0.2, -0.15) is 5.26 Å². The zero-order valence-electron chi connectivity index (χ0n) is 12.9. The summed E-state index contributed by atoms with van der Waals surface area (Å²) in [6.45, 7) is 0. The Bertz CT molecular complexity index is 713. The molecule has 2 aromatic rings. The van der Waals surface area contributed by atoms with Crippen LogP contribution in [0.1, 0.15) is 42.7 Å². The average molecular weight is 305 g/mol. The van der Waals surface area contributed by atoms with Gasteiger partial charge in [0.15, 0.2) is 0 Å². The molecule has 1 fully saturated rings. The number of carbonyl (C=O) groups is 1. The Morgan fingerprint density at radius 3 is 2.57 bits per heavy atom. The highest BCUT2D eigenvalue weighted by atomic mass is 16.1. The van der Waals surface area contributed by atoms with E-state index in [0.717, 1.165) is 25.7 Å². The van der Waals surface area contributed by atoms with E-state index in [2.05, 4.69) is 40.6 Å². The number of nitrogens with one attached hydrogen (secondary N) is 1. The molecule has 1 amide bonds. The summed E-state index contributed by atoms with van der Waals surface area (Å²) < 4.78 is 0. The van der Waals surface area contributed by atoms with Crippen molar-refractivity contribution < 1.29 is 4.79 Å². The molecule has 4 nitrogen and oxygen atoms in total. The number of hydrogen-bond acceptors (Lipinski definition) is 3. The fourth-order valence-corrected chi connectivity index (χ4v) is 3.24. The summed E-state index contributed by atoms with van der Waals surface area (Å²) >= 11 is 0. The zero-order valence-corrected chi connectivity index (χ0v) is 12.9. The summed E-state index contributed by atoms with van der Waals surface area (Å²) in [7, 11) is 0. The lowest BCUT2D eigenvalue weighted by Gasteiger charge is -2.28. The number of pyridine rings is 1. The number of nitrogens with zero attached hydrogens (tertiary/aromatic N) is 2. The maximum Gasteiger partial charge on any atom is 0.227 e. The normalized spacial score (nSPS) is 20.5. The Labute approximate surface area is 136 Å². The van der Waals surface area contributed by atoms with Crippen molar-refractivity contribution >= 4 is 11.6 Å². The lowest BCUT2D eigenvalue weighted by molar-refractivity contribution is -0.120. The smallest absolute Gasteiger partial charge is 0.227 e. The van der Waals surface area contributed by atoms with Crippen LogP contribution in [0.4, 0.5) is 5.69 Å². The number of aromatic nitrogens is 1. The standard InChI is InChI=1S/C19H19N3O/c20-12-17-13-21-11-10-18(17)22-19(23)16-8-6-15(7-9-16)14-4-2-1-3-5-14/h1-5,10-11,13,15-16H,6-9H2,(H,21,22,23). The van der Waals surface area contributed by atoms with Crippen molar-refractivity contribution in [1.82, 2.24) is 4.98 Å². The number of amides is 1. The molecule has 0 spiro atoms. The largest absolute Gasteiger partial charge is 0.325 e. The number of benzene rings is 1. The third-order valence-electron chi connectivity index (χ3n) is 4.57. The van der Waals surface area contributed by atoms with E-state index in [1.54, 1.807) is 12.3 Å². The molecular weight excluding hydrogens is 286 g/mol. The monoisotopic (exact) mass is 305 g/mol. The van der Waals surface area contributed by atoms with Crippen LogP contribution in [0, 0.1) is 17.2 Å². The second-order valence-electron chi connectivity index (χ2n) is 5.98. The second-order valence-corrected chi connectivity index (χ2v) is 5.98.